The summed E-state index contributed by atoms with van der Waals surface area (Å²) in [5, 5.41) is 10.9. The van der Waals surface area contributed by atoms with Crippen molar-refractivity contribution >= 4 is 10.9 Å². The Morgan fingerprint density at radius 3 is 2.72 bits per heavy atom. The van der Waals surface area contributed by atoms with Crippen molar-refractivity contribution in [3.05, 3.63) is 35.5 Å². The van der Waals surface area contributed by atoms with Gasteiger partial charge in [-0.2, -0.15) is 0 Å². The van der Waals surface area contributed by atoms with E-state index >= 15 is 0 Å². The molecule has 0 bridgehead atoms. The van der Waals surface area contributed by atoms with Gasteiger partial charge < -0.3 is 15.8 Å². The minimum Gasteiger partial charge on any atom is -0.396 e. The monoisotopic (exact) mass is 244 g/mol. The Balaban J connectivity index is 2.11. The van der Waals surface area contributed by atoms with Crippen LogP contribution in [0.3, 0.4) is 0 Å². The summed E-state index contributed by atoms with van der Waals surface area (Å²) in [6.45, 7) is 2.26. The number of aliphatic hydroxyl groups is 1. The maximum Gasteiger partial charge on any atom is 0.0505 e. The molecule has 1 aromatic heterocycles. The summed E-state index contributed by atoms with van der Waals surface area (Å²) in [7, 11) is 0. The number of benzene rings is 1. The first-order valence-corrected chi connectivity index (χ1v) is 6.61. The molecule has 1 heterocycles. The summed E-state index contributed by atoms with van der Waals surface area (Å²) >= 11 is 0. The molecular formula is C15H20N2O. The smallest absolute Gasteiger partial charge is 0.0505 e. The molecule has 2 aromatic rings. The van der Waals surface area contributed by atoms with Crippen molar-refractivity contribution < 1.29 is 5.11 Å². The largest absolute Gasteiger partial charge is 0.396 e. The Labute approximate surface area is 107 Å². The lowest BCUT2D eigenvalue weighted by molar-refractivity contribution is 0.0186. The summed E-state index contributed by atoms with van der Waals surface area (Å²) in [4.78, 5) is 3.39. The van der Waals surface area contributed by atoms with E-state index in [9.17, 15) is 5.11 Å². The number of nitrogens with one attached hydrogen (secondary N) is 1. The number of nitrogens with two attached hydrogens (primary N) is 1. The van der Waals surface area contributed by atoms with Crippen LogP contribution in [-0.4, -0.2) is 16.7 Å². The van der Waals surface area contributed by atoms with E-state index in [1.54, 1.807) is 0 Å². The van der Waals surface area contributed by atoms with Crippen molar-refractivity contribution in [3.63, 3.8) is 0 Å². The number of para-hydroxylation sites is 1. The molecule has 3 heteroatoms. The molecule has 0 radical (unpaired) electrons. The normalized spacial score (nSPS) is 19.7. The molecule has 18 heavy (non-hydrogen) atoms. The molecule has 0 saturated heterocycles. The van der Waals surface area contributed by atoms with E-state index in [4.69, 9.17) is 5.73 Å². The van der Waals surface area contributed by atoms with Gasteiger partial charge in [-0.1, -0.05) is 24.6 Å². The highest BCUT2D eigenvalue weighted by Gasteiger charge is 2.43. The van der Waals surface area contributed by atoms with Crippen LogP contribution in [0.5, 0.6) is 0 Å². The summed E-state index contributed by atoms with van der Waals surface area (Å²) < 4.78 is 0. The van der Waals surface area contributed by atoms with E-state index in [-0.39, 0.29) is 18.1 Å². The maximum atomic E-state index is 9.68. The van der Waals surface area contributed by atoms with E-state index in [0.717, 1.165) is 24.1 Å². The quantitative estimate of drug-likeness (QED) is 0.777. The van der Waals surface area contributed by atoms with Gasteiger partial charge in [-0.3, -0.25) is 0 Å². The Morgan fingerprint density at radius 1 is 1.39 bits per heavy atom. The maximum absolute atomic E-state index is 9.68. The minimum atomic E-state index is -0.101. The predicted molar refractivity (Wildman–Crippen MR) is 73.3 cm³/mol. The highest BCUT2D eigenvalue weighted by molar-refractivity contribution is 5.85. The van der Waals surface area contributed by atoms with Gasteiger partial charge in [0.15, 0.2) is 0 Å². The summed E-state index contributed by atoms with van der Waals surface area (Å²) in [6.07, 6.45) is 3.24. The zero-order valence-electron chi connectivity index (χ0n) is 10.7. The van der Waals surface area contributed by atoms with Gasteiger partial charge in [0.25, 0.3) is 0 Å². The molecule has 1 atom stereocenters. The Morgan fingerprint density at radius 2 is 2.11 bits per heavy atom. The Hall–Kier alpha value is -1.32. The van der Waals surface area contributed by atoms with Gasteiger partial charge >= 0.3 is 0 Å². The fourth-order valence-electron chi connectivity index (χ4n) is 3.20. The van der Waals surface area contributed by atoms with Crippen LogP contribution in [0.4, 0.5) is 0 Å². The van der Waals surface area contributed by atoms with E-state index in [1.165, 1.54) is 17.4 Å². The second kappa shape index (κ2) is 4.11. The SMILES string of the molecule is Cc1[nH]c2ccccc2c1C(N)C1(CO)CCC1. The number of aromatic amines is 1. The predicted octanol–water partition coefficient (Wildman–Crippen LogP) is 2.64. The number of aryl methyl sites for hydroxylation is 1. The lowest BCUT2D eigenvalue weighted by atomic mass is 9.63. The summed E-state index contributed by atoms with van der Waals surface area (Å²) in [5.41, 5.74) is 9.82. The van der Waals surface area contributed by atoms with Crippen LogP contribution in [0.1, 0.15) is 36.6 Å². The standard InChI is InChI=1S/C15H20N2O/c1-10-13(11-5-2-3-6-12(11)17-10)14(16)15(9-18)7-4-8-15/h2-3,5-6,14,17-18H,4,7-9,16H2,1H3. The molecule has 1 aliphatic carbocycles. The molecule has 1 unspecified atom stereocenters. The van der Waals surface area contributed by atoms with Crippen molar-refractivity contribution in [3.8, 4) is 0 Å². The molecule has 0 spiro atoms. The molecule has 3 nitrogen and oxygen atoms in total. The van der Waals surface area contributed by atoms with Crippen molar-refractivity contribution in [1.29, 1.82) is 0 Å². The van der Waals surface area contributed by atoms with Crippen molar-refractivity contribution in [2.24, 2.45) is 11.1 Å². The van der Waals surface area contributed by atoms with Gasteiger partial charge in [-0.05, 0) is 31.4 Å². The molecule has 3 rings (SSSR count). The third-order valence-electron chi connectivity index (χ3n) is 4.58. The number of aromatic nitrogens is 1. The first-order chi connectivity index (χ1) is 8.68. The van der Waals surface area contributed by atoms with Crippen LogP contribution >= 0.6 is 0 Å². The fraction of sp³-hybridized carbons (Fsp3) is 0.467. The molecule has 1 fully saturated rings. The molecule has 96 valence electrons. The highest BCUT2D eigenvalue weighted by atomic mass is 16.3. The van der Waals surface area contributed by atoms with E-state index in [0.29, 0.717) is 0 Å². The number of hydrogen-bond donors (Lipinski definition) is 3. The van der Waals surface area contributed by atoms with Gasteiger partial charge in [0.2, 0.25) is 0 Å². The minimum absolute atomic E-state index is 0.0765. The molecule has 0 amide bonds. The van der Waals surface area contributed by atoms with Crippen LogP contribution in [0.15, 0.2) is 24.3 Å². The summed E-state index contributed by atoms with van der Waals surface area (Å²) in [6, 6.07) is 8.17. The third kappa shape index (κ3) is 1.51. The molecular weight excluding hydrogens is 224 g/mol. The fourth-order valence-corrected chi connectivity index (χ4v) is 3.20. The molecule has 1 saturated carbocycles. The number of aliphatic hydroxyl groups excluding tert-OH is 1. The van der Waals surface area contributed by atoms with Crippen LogP contribution in [0.25, 0.3) is 10.9 Å². The van der Waals surface area contributed by atoms with Crippen LogP contribution in [0.2, 0.25) is 0 Å². The number of fused-ring (bicyclic) bond motifs is 1. The molecule has 1 aliphatic rings. The molecule has 1 aromatic carbocycles. The van der Waals surface area contributed by atoms with Crippen LogP contribution in [0, 0.1) is 12.3 Å². The first-order valence-electron chi connectivity index (χ1n) is 6.61. The highest BCUT2D eigenvalue weighted by Crippen LogP contribution is 2.50. The van der Waals surface area contributed by atoms with Gasteiger partial charge in [0.1, 0.15) is 0 Å². The zero-order valence-corrected chi connectivity index (χ0v) is 10.7. The average Bonchev–Trinajstić information content (AvgIpc) is 2.63. The van der Waals surface area contributed by atoms with Gasteiger partial charge in [0.05, 0.1) is 6.61 Å². The molecule has 0 aliphatic heterocycles. The van der Waals surface area contributed by atoms with Gasteiger partial charge in [-0.15, -0.1) is 0 Å². The van der Waals surface area contributed by atoms with Gasteiger partial charge in [-0.25, -0.2) is 0 Å². The van der Waals surface area contributed by atoms with Crippen molar-refractivity contribution in [2.45, 2.75) is 32.2 Å². The molecule has 4 N–H and O–H groups in total. The van der Waals surface area contributed by atoms with Crippen LogP contribution < -0.4 is 5.73 Å². The van der Waals surface area contributed by atoms with E-state index in [1.807, 2.05) is 12.1 Å². The zero-order chi connectivity index (χ0) is 12.8. The number of rotatable bonds is 3. The first kappa shape index (κ1) is 11.8. The number of hydrogen-bond acceptors (Lipinski definition) is 2. The lowest BCUT2D eigenvalue weighted by Gasteiger charge is -2.45. The van der Waals surface area contributed by atoms with E-state index < -0.39 is 0 Å². The van der Waals surface area contributed by atoms with Crippen molar-refractivity contribution in [2.75, 3.05) is 6.61 Å². The Kier molecular flexibility index (Phi) is 2.68. The lowest BCUT2D eigenvalue weighted by Crippen LogP contribution is -2.43. The van der Waals surface area contributed by atoms with Crippen molar-refractivity contribution in [1.82, 2.24) is 4.98 Å². The summed E-state index contributed by atoms with van der Waals surface area (Å²) in [5.74, 6) is 0. The van der Waals surface area contributed by atoms with E-state index in [2.05, 4.69) is 24.0 Å². The van der Waals surface area contributed by atoms with Gasteiger partial charge in [0, 0.05) is 28.1 Å². The topological polar surface area (TPSA) is 62.0 Å². The second-order valence-corrected chi connectivity index (χ2v) is 5.56. The number of H-pyrrole nitrogens is 1. The van der Waals surface area contributed by atoms with Crippen LogP contribution in [-0.2, 0) is 0 Å². The third-order valence-corrected chi connectivity index (χ3v) is 4.58. The Bertz CT molecular complexity index is 563. The average molecular weight is 244 g/mol. The second-order valence-electron chi connectivity index (χ2n) is 5.56.